The van der Waals surface area contributed by atoms with Gasteiger partial charge in [-0.3, -0.25) is 9.59 Å². The average Bonchev–Trinajstić information content (AvgIpc) is 3.33. The molecule has 1 unspecified atom stereocenters. The van der Waals surface area contributed by atoms with Crippen LogP contribution >= 0.6 is 0 Å². The van der Waals surface area contributed by atoms with Gasteiger partial charge in [-0.2, -0.15) is 10.2 Å². The molecule has 0 aliphatic carbocycles. The first-order valence-corrected chi connectivity index (χ1v) is 11.0. The standard InChI is InChI=1S/C18H20N6O4S/c25-17-6-5-16(22-24(17)15-7-8-29(27,28)10-15)18(26)21-14-3-1-13(2-4-14)9-23-12-19-11-20-23/h1-4,11-12,15H,5-10H2,(H,21,26). The number of nitrogens with zero attached hydrogens (tertiary/aromatic N) is 5. The molecule has 3 heterocycles. The van der Waals surface area contributed by atoms with Gasteiger partial charge in [0.1, 0.15) is 18.4 Å². The number of aromatic nitrogens is 3. The van der Waals surface area contributed by atoms with E-state index in [0.29, 0.717) is 18.7 Å². The van der Waals surface area contributed by atoms with E-state index in [1.807, 2.05) is 12.1 Å². The van der Waals surface area contributed by atoms with Crippen molar-refractivity contribution in [3.63, 3.8) is 0 Å². The first kappa shape index (κ1) is 19.2. The van der Waals surface area contributed by atoms with Gasteiger partial charge in [0.05, 0.1) is 24.1 Å². The van der Waals surface area contributed by atoms with Crippen LogP contribution in [0.3, 0.4) is 0 Å². The van der Waals surface area contributed by atoms with Gasteiger partial charge in [0.15, 0.2) is 9.84 Å². The summed E-state index contributed by atoms with van der Waals surface area (Å²) in [6.07, 6.45) is 3.80. The third-order valence-corrected chi connectivity index (χ3v) is 6.65. The summed E-state index contributed by atoms with van der Waals surface area (Å²) in [5.41, 5.74) is 1.83. The van der Waals surface area contributed by atoms with Crippen molar-refractivity contribution in [3.05, 3.63) is 42.5 Å². The van der Waals surface area contributed by atoms with Crippen LogP contribution in [0.2, 0.25) is 0 Å². The minimum atomic E-state index is -3.15. The van der Waals surface area contributed by atoms with E-state index in [-0.39, 0.29) is 36.0 Å². The number of carbonyl (C=O) groups is 2. The Balaban J connectivity index is 1.42. The van der Waals surface area contributed by atoms with Crippen molar-refractivity contribution in [3.8, 4) is 0 Å². The third-order valence-electron chi connectivity index (χ3n) is 4.90. The molecule has 1 N–H and O–H groups in total. The molecular weight excluding hydrogens is 396 g/mol. The van der Waals surface area contributed by atoms with Crippen LogP contribution in [0, 0.1) is 0 Å². The summed E-state index contributed by atoms with van der Waals surface area (Å²) in [6.45, 7) is 0.572. The predicted molar refractivity (Wildman–Crippen MR) is 105 cm³/mol. The van der Waals surface area contributed by atoms with Gasteiger partial charge < -0.3 is 5.32 Å². The molecule has 0 spiro atoms. The molecule has 2 aliphatic heterocycles. The number of hydrazone groups is 1. The summed E-state index contributed by atoms with van der Waals surface area (Å²) in [6, 6.07) is 6.81. The molecule has 29 heavy (non-hydrogen) atoms. The fourth-order valence-electron chi connectivity index (χ4n) is 3.39. The summed E-state index contributed by atoms with van der Waals surface area (Å²) in [7, 11) is -3.15. The molecule has 0 radical (unpaired) electrons. The molecule has 152 valence electrons. The Bertz CT molecular complexity index is 1050. The number of benzene rings is 1. The minimum absolute atomic E-state index is 0.0411. The molecule has 4 rings (SSSR count). The zero-order chi connectivity index (χ0) is 20.4. The first-order chi connectivity index (χ1) is 13.9. The van der Waals surface area contributed by atoms with E-state index in [1.54, 1.807) is 23.1 Å². The van der Waals surface area contributed by atoms with Gasteiger partial charge in [-0.05, 0) is 24.1 Å². The SMILES string of the molecule is O=C(Nc1ccc(Cn2cncn2)cc1)C1=NN(C2CCS(=O)(=O)C2)C(=O)CC1. The van der Waals surface area contributed by atoms with Gasteiger partial charge in [0.2, 0.25) is 5.91 Å². The Morgan fingerprint density at radius 1 is 1.21 bits per heavy atom. The van der Waals surface area contributed by atoms with Crippen molar-refractivity contribution >= 4 is 33.1 Å². The van der Waals surface area contributed by atoms with Crippen LogP contribution < -0.4 is 5.32 Å². The molecule has 1 aromatic heterocycles. The first-order valence-electron chi connectivity index (χ1n) is 9.22. The molecule has 0 saturated carbocycles. The zero-order valence-corrected chi connectivity index (χ0v) is 16.4. The van der Waals surface area contributed by atoms with Crippen molar-refractivity contribution < 1.29 is 18.0 Å². The second-order valence-electron chi connectivity index (χ2n) is 7.09. The highest BCUT2D eigenvalue weighted by Gasteiger charge is 2.37. The highest BCUT2D eigenvalue weighted by Crippen LogP contribution is 2.22. The van der Waals surface area contributed by atoms with E-state index in [9.17, 15) is 18.0 Å². The predicted octanol–water partition coefficient (Wildman–Crippen LogP) is 0.430. The lowest BCUT2D eigenvalue weighted by Crippen LogP contribution is -2.42. The van der Waals surface area contributed by atoms with Crippen LogP contribution in [0.15, 0.2) is 42.0 Å². The molecule has 1 aromatic carbocycles. The number of hydrogen-bond donors (Lipinski definition) is 1. The summed E-state index contributed by atoms with van der Waals surface area (Å²) in [5, 5.41) is 12.2. The van der Waals surface area contributed by atoms with Gasteiger partial charge >= 0.3 is 0 Å². The van der Waals surface area contributed by atoms with Gasteiger partial charge in [0, 0.05) is 18.5 Å². The van der Waals surface area contributed by atoms with Gasteiger partial charge in [-0.1, -0.05) is 12.1 Å². The fourth-order valence-corrected chi connectivity index (χ4v) is 5.08. The highest BCUT2D eigenvalue weighted by atomic mass is 32.2. The van der Waals surface area contributed by atoms with Crippen molar-refractivity contribution in [1.82, 2.24) is 19.8 Å². The molecule has 2 aromatic rings. The van der Waals surface area contributed by atoms with E-state index in [4.69, 9.17) is 0 Å². The maximum Gasteiger partial charge on any atom is 0.271 e. The van der Waals surface area contributed by atoms with E-state index in [2.05, 4.69) is 20.5 Å². The highest BCUT2D eigenvalue weighted by molar-refractivity contribution is 7.91. The van der Waals surface area contributed by atoms with Crippen molar-refractivity contribution in [2.45, 2.75) is 31.8 Å². The maximum absolute atomic E-state index is 12.6. The molecule has 11 heteroatoms. The summed E-state index contributed by atoms with van der Waals surface area (Å²) in [4.78, 5) is 28.6. The van der Waals surface area contributed by atoms with Crippen LogP contribution in [0.5, 0.6) is 0 Å². The molecule has 0 bridgehead atoms. The quantitative estimate of drug-likeness (QED) is 0.753. The Labute approximate surface area is 167 Å². The largest absolute Gasteiger partial charge is 0.321 e. The summed E-state index contributed by atoms with van der Waals surface area (Å²) >= 11 is 0. The van der Waals surface area contributed by atoms with E-state index >= 15 is 0 Å². The van der Waals surface area contributed by atoms with Crippen LogP contribution in [-0.2, 0) is 26.0 Å². The van der Waals surface area contributed by atoms with Crippen molar-refractivity contribution in [2.75, 3.05) is 16.8 Å². The Kier molecular flexibility index (Phi) is 5.14. The smallest absolute Gasteiger partial charge is 0.271 e. The maximum atomic E-state index is 12.6. The third kappa shape index (κ3) is 4.50. The lowest BCUT2D eigenvalue weighted by Gasteiger charge is -2.27. The normalized spacial score (nSPS) is 21.1. The van der Waals surface area contributed by atoms with E-state index in [0.717, 1.165) is 5.56 Å². The van der Waals surface area contributed by atoms with Crippen molar-refractivity contribution in [2.24, 2.45) is 5.10 Å². The Morgan fingerprint density at radius 3 is 2.66 bits per heavy atom. The average molecular weight is 416 g/mol. The topological polar surface area (TPSA) is 127 Å². The van der Waals surface area contributed by atoms with Crippen LogP contribution in [-0.4, -0.2) is 63.3 Å². The molecule has 2 aliphatic rings. The molecule has 2 amide bonds. The number of hydrogen-bond acceptors (Lipinski definition) is 7. The minimum Gasteiger partial charge on any atom is -0.321 e. The summed E-state index contributed by atoms with van der Waals surface area (Å²) in [5.74, 6) is -0.711. The number of sulfone groups is 1. The van der Waals surface area contributed by atoms with Crippen LogP contribution in [0.1, 0.15) is 24.8 Å². The molecule has 1 fully saturated rings. The molecular formula is C18H20N6O4S. The molecule has 10 nitrogen and oxygen atoms in total. The number of anilines is 1. The van der Waals surface area contributed by atoms with Gasteiger partial charge in [-0.25, -0.2) is 23.1 Å². The molecule has 1 atom stereocenters. The van der Waals surface area contributed by atoms with Crippen LogP contribution in [0.4, 0.5) is 5.69 Å². The van der Waals surface area contributed by atoms with Gasteiger partial charge in [0.25, 0.3) is 5.91 Å². The number of carbonyl (C=O) groups excluding carboxylic acids is 2. The van der Waals surface area contributed by atoms with Crippen molar-refractivity contribution in [1.29, 1.82) is 0 Å². The van der Waals surface area contributed by atoms with E-state index in [1.165, 1.54) is 11.3 Å². The summed E-state index contributed by atoms with van der Waals surface area (Å²) < 4.78 is 25.1. The lowest BCUT2D eigenvalue weighted by molar-refractivity contribution is -0.133. The number of amides is 2. The monoisotopic (exact) mass is 416 g/mol. The zero-order valence-electron chi connectivity index (χ0n) is 15.6. The number of nitrogens with one attached hydrogen (secondary N) is 1. The second kappa shape index (κ2) is 7.74. The van der Waals surface area contributed by atoms with E-state index < -0.39 is 21.8 Å². The number of rotatable bonds is 5. The molecule has 1 saturated heterocycles. The second-order valence-corrected chi connectivity index (χ2v) is 9.31. The fraction of sp³-hybridized carbons (Fsp3) is 0.389. The Morgan fingerprint density at radius 2 is 2.00 bits per heavy atom. The lowest BCUT2D eigenvalue weighted by atomic mass is 10.1. The van der Waals surface area contributed by atoms with Crippen LogP contribution in [0.25, 0.3) is 0 Å². The van der Waals surface area contributed by atoms with Gasteiger partial charge in [-0.15, -0.1) is 0 Å². The Hall–Kier alpha value is -3.08.